The van der Waals surface area contributed by atoms with Gasteiger partial charge in [0.1, 0.15) is 0 Å². The summed E-state index contributed by atoms with van der Waals surface area (Å²) >= 11 is 0. The molecule has 70 valence electrons. The second kappa shape index (κ2) is 2.71. The minimum Gasteiger partial charge on any atom is -0.377 e. The minimum atomic E-state index is 0.324. The summed E-state index contributed by atoms with van der Waals surface area (Å²) in [5.41, 5.74) is 0.324. The van der Waals surface area contributed by atoms with Crippen molar-refractivity contribution >= 4 is 0 Å². The van der Waals surface area contributed by atoms with Gasteiger partial charge in [0.2, 0.25) is 0 Å². The molecular formula is C10H19NO. The van der Waals surface area contributed by atoms with Gasteiger partial charge in [0.15, 0.2) is 0 Å². The third-order valence-corrected chi connectivity index (χ3v) is 3.02. The Labute approximate surface area is 74.9 Å². The van der Waals surface area contributed by atoms with Crippen LogP contribution in [0.25, 0.3) is 0 Å². The lowest BCUT2D eigenvalue weighted by molar-refractivity contribution is 0.0433. The second-order valence-corrected chi connectivity index (χ2v) is 5.13. The highest BCUT2D eigenvalue weighted by molar-refractivity contribution is 4.89. The third-order valence-electron chi connectivity index (χ3n) is 3.02. The van der Waals surface area contributed by atoms with E-state index in [4.69, 9.17) is 4.74 Å². The predicted octanol–water partition coefficient (Wildman–Crippen LogP) is 1.51. The normalized spacial score (nSPS) is 37.2. The summed E-state index contributed by atoms with van der Waals surface area (Å²) < 4.78 is 5.66. The summed E-state index contributed by atoms with van der Waals surface area (Å²) in [5.74, 6) is 0.808. The Morgan fingerprint density at radius 3 is 2.58 bits per heavy atom. The number of hydrogen-bond donors (Lipinski definition) is 0. The molecule has 12 heavy (non-hydrogen) atoms. The van der Waals surface area contributed by atoms with E-state index < -0.39 is 0 Å². The van der Waals surface area contributed by atoms with E-state index in [-0.39, 0.29) is 0 Å². The van der Waals surface area contributed by atoms with Crippen molar-refractivity contribution < 1.29 is 4.74 Å². The first-order valence-corrected chi connectivity index (χ1v) is 4.92. The van der Waals surface area contributed by atoms with Crippen LogP contribution in [0.2, 0.25) is 0 Å². The summed E-state index contributed by atoms with van der Waals surface area (Å²) in [6, 6.07) is 0. The van der Waals surface area contributed by atoms with Gasteiger partial charge in [-0.25, -0.2) is 0 Å². The maximum Gasteiger partial charge on any atom is 0.0706 e. The molecule has 2 unspecified atom stereocenters. The van der Waals surface area contributed by atoms with Gasteiger partial charge in [-0.05, 0) is 33.1 Å². The monoisotopic (exact) mass is 169 g/mol. The largest absolute Gasteiger partial charge is 0.377 e. The number of likely N-dealkylation sites (tertiary alicyclic amines) is 1. The van der Waals surface area contributed by atoms with Crippen LogP contribution in [-0.2, 0) is 4.74 Å². The van der Waals surface area contributed by atoms with Crippen LogP contribution < -0.4 is 0 Å². The van der Waals surface area contributed by atoms with Crippen molar-refractivity contribution in [2.24, 2.45) is 5.92 Å². The molecule has 0 aliphatic carbocycles. The maximum absolute atomic E-state index is 5.66. The molecule has 0 spiro atoms. The van der Waals surface area contributed by atoms with Gasteiger partial charge in [0.25, 0.3) is 0 Å². The highest BCUT2D eigenvalue weighted by atomic mass is 16.5. The molecule has 2 atom stereocenters. The van der Waals surface area contributed by atoms with Crippen molar-refractivity contribution in [3.63, 3.8) is 0 Å². The summed E-state index contributed by atoms with van der Waals surface area (Å²) in [7, 11) is 0. The lowest BCUT2D eigenvalue weighted by atomic mass is 9.95. The van der Waals surface area contributed by atoms with Crippen LogP contribution in [0.15, 0.2) is 0 Å². The first-order chi connectivity index (χ1) is 5.55. The number of ether oxygens (including phenoxy) is 1. The van der Waals surface area contributed by atoms with Crippen molar-refractivity contribution in [3.05, 3.63) is 0 Å². The van der Waals surface area contributed by atoms with E-state index in [2.05, 4.69) is 25.7 Å². The fourth-order valence-electron chi connectivity index (χ4n) is 2.21. The number of nitrogens with zero attached hydrogens (tertiary/aromatic N) is 1. The average Bonchev–Trinajstić information content (AvgIpc) is 2.28. The van der Waals surface area contributed by atoms with Gasteiger partial charge in [0.05, 0.1) is 12.7 Å². The Morgan fingerprint density at radius 2 is 2.00 bits per heavy atom. The molecule has 2 bridgehead atoms. The predicted molar refractivity (Wildman–Crippen MR) is 49.2 cm³/mol. The van der Waals surface area contributed by atoms with E-state index in [1.54, 1.807) is 0 Å². The van der Waals surface area contributed by atoms with Gasteiger partial charge >= 0.3 is 0 Å². The SMILES string of the molecule is CC(C)(C)N1CC2COC(C2)C1. The molecule has 2 aliphatic rings. The molecule has 0 radical (unpaired) electrons. The van der Waals surface area contributed by atoms with Gasteiger partial charge < -0.3 is 4.74 Å². The topological polar surface area (TPSA) is 12.5 Å². The van der Waals surface area contributed by atoms with Crippen molar-refractivity contribution in [1.29, 1.82) is 0 Å². The Hall–Kier alpha value is -0.0800. The fraction of sp³-hybridized carbons (Fsp3) is 1.00. The van der Waals surface area contributed by atoms with Crippen molar-refractivity contribution in [3.8, 4) is 0 Å². The molecule has 0 amide bonds. The molecule has 0 aromatic heterocycles. The zero-order chi connectivity index (χ0) is 8.77. The molecule has 2 aliphatic heterocycles. The van der Waals surface area contributed by atoms with Crippen LogP contribution in [0, 0.1) is 5.92 Å². The summed E-state index contributed by atoms with van der Waals surface area (Å²) in [5, 5.41) is 0. The summed E-state index contributed by atoms with van der Waals surface area (Å²) in [4.78, 5) is 2.55. The lowest BCUT2D eigenvalue weighted by Gasteiger charge is -2.40. The summed E-state index contributed by atoms with van der Waals surface area (Å²) in [6.45, 7) is 10.2. The molecule has 2 nitrogen and oxygen atoms in total. The van der Waals surface area contributed by atoms with E-state index in [0.29, 0.717) is 11.6 Å². The molecule has 0 aromatic carbocycles. The number of fused-ring (bicyclic) bond motifs is 2. The van der Waals surface area contributed by atoms with Crippen LogP contribution in [0.3, 0.4) is 0 Å². The highest BCUT2D eigenvalue weighted by Gasteiger charge is 2.37. The highest BCUT2D eigenvalue weighted by Crippen LogP contribution is 2.30. The number of piperidine rings is 1. The number of rotatable bonds is 0. The lowest BCUT2D eigenvalue weighted by Crippen LogP contribution is -2.49. The van der Waals surface area contributed by atoms with Crippen molar-refractivity contribution in [2.45, 2.75) is 38.8 Å². The molecule has 2 rings (SSSR count). The fourth-order valence-corrected chi connectivity index (χ4v) is 2.21. The Bertz CT molecular complexity index is 161. The molecule has 0 saturated carbocycles. The zero-order valence-electron chi connectivity index (χ0n) is 8.34. The standard InChI is InChI=1S/C10H19NO/c1-10(2,3)11-5-8-4-9(6-11)12-7-8/h8-9H,4-7H2,1-3H3. The van der Waals surface area contributed by atoms with Gasteiger partial charge in [-0.1, -0.05) is 0 Å². The number of hydrogen-bond acceptors (Lipinski definition) is 2. The Kier molecular flexibility index (Phi) is 1.92. The smallest absolute Gasteiger partial charge is 0.0706 e. The first-order valence-electron chi connectivity index (χ1n) is 4.92. The third kappa shape index (κ3) is 1.50. The first kappa shape index (κ1) is 8.52. The van der Waals surface area contributed by atoms with Crippen LogP contribution in [0.5, 0.6) is 0 Å². The molecule has 2 heterocycles. The molecule has 2 heteroatoms. The van der Waals surface area contributed by atoms with Gasteiger partial charge in [-0.15, -0.1) is 0 Å². The van der Waals surface area contributed by atoms with Gasteiger partial charge in [-0.2, -0.15) is 0 Å². The van der Waals surface area contributed by atoms with E-state index in [9.17, 15) is 0 Å². The maximum atomic E-state index is 5.66. The average molecular weight is 169 g/mol. The summed E-state index contributed by atoms with van der Waals surface area (Å²) in [6.07, 6.45) is 1.83. The molecule has 2 fully saturated rings. The van der Waals surface area contributed by atoms with Crippen molar-refractivity contribution in [2.75, 3.05) is 19.7 Å². The van der Waals surface area contributed by atoms with Crippen LogP contribution in [0.1, 0.15) is 27.2 Å². The van der Waals surface area contributed by atoms with E-state index in [0.717, 1.165) is 19.1 Å². The van der Waals surface area contributed by atoms with Crippen LogP contribution in [-0.4, -0.2) is 36.2 Å². The van der Waals surface area contributed by atoms with E-state index in [1.807, 2.05) is 0 Å². The van der Waals surface area contributed by atoms with Gasteiger partial charge in [-0.3, -0.25) is 4.90 Å². The quantitative estimate of drug-likeness (QED) is 0.545. The van der Waals surface area contributed by atoms with E-state index >= 15 is 0 Å². The Morgan fingerprint density at radius 1 is 1.25 bits per heavy atom. The molecular weight excluding hydrogens is 150 g/mol. The Balaban J connectivity index is 2.03. The minimum absolute atomic E-state index is 0.324. The zero-order valence-corrected chi connectivity index (χ0v) is 8.34. The van der Waals surface area contributed by atoms with Crippen LogP contribution >= 0.6 is 0 Å². The van der Waals surface area contributed by atoms with E-state index in [1.165, 1.54) is 13.0 Å². The molecule has 0 aromatic rings. The molecule has 0 N–H and O–H groups in total. The van der Waals surface area contributed by atoms with Crippen molar-refractivity contribution in [1.82, 2.24) is 4.90 Å². The molecule has 2 saturated heterocycles. The van der Waals surface area contributed by atoms with Gasteiger partial charge in [0, 0.05) is 18.6 Å². The van der Waals surface area contributed by atoms with Crippen LogP contribution in [0.4, 0.5) is 0 Å². The second-order valence-electron chi connectivity index (χ2n) is 5.13.